The molecule has 35 heavy (non-hydrogen) atoms. The number of carbonyl (C=O) groups excluding carboxylic acids is 3. The highest BCUT2D eigenvalue weighted by Crippen LogP contribution is 2.55. The molecule has 1 heterocycles. The monoisotopic (exact) mass is 484 g/mol. The first-order valence-corrected chi connectivity index (χ1v) is 11.2. The number of aliphatic hydroxyl groups excluding tert-OH is 1. The van der Waals surface area contributed by atoms with Crippen LogP contribution in [0, 0.1) is 17.8 Å². The molecule has 3 N–H and O–H groups in total. The number of benzene rings is 1. The third-order valence-electron chi connectivity index (χ3n) is 7.21. The molecule has 0 bridgehead atoms. The Hall–Kier alpha value is -3.43. The van der Waals surface area contributed by atoms with Crippen molar-refractivity contribution in [2.45, 2.75) is 43.7 Å². The molecule has 7 atom stereocenters. The van der Waals surface area contributed by atoms with Crippen molar-refractivity contribution in [1.82, 2.24) is 0 Å². The van der Waals surface area contributed by atoms with Crippen LogP contribution in [0.15, 0.2) is 60.7 Å². The average molecular weight is 485 g/mol. The first-order chi connectivity index (χ1) is 16.4. The standard InChI is InChI=1S/C26H28O9/c1-12(2)23(29)34-18-9-13(3)17-10-19(28)26(32,21(17)22-20(18)14(4)24(30)35-22)11-33-25(31)15-5-7-16(27)8-6-15/h5-8,17-22,27-28,32H,1,3-4,9-11H2,2H3/t17-,18-,19-,20+,21-,22-,26+/m0/s1. The average Bonchev–Trinajstić information content (AvgIpc) is 3.20. The number of fused-ring (bicyclic) bond motifs is 3. The van der Waals surface area contributed by atoms with E-state index in [1.165, 1.54) is 31.2 Å². The van der Waals surface area contributed by atoms with Crippen LogP contribution >= 0.6 is 0 Å². The van der Waals surface area contributed by atoms with Gasteiger partial charge in [-0.05, 0) is 43.5 Å². The summed E-state index contributed by atoms with van der Waals surface area (Å²) in [5.74, 6) is -4.29. The Kier molecular flexibility index (Phi) is 6.33. The van der Waals surface area contributed by atoms with Gasteiger partial charge in [-0.3, -0.25) is 0 Å². The molecule has 9 heteroatoms. The molecular formula is C26H28O9. The van der Waals surface area contributed by atoms with Crippen LogP contribution in [0.25, 0.3) is 0 Å². The summed E-state index contributed by atoms with van der Waals surface area (Å²) in [6.45, 7) is 12.4. The van der Waals surface area contributed by atoms with Crippen LogP contribution in [0.5, 0.6) is 5.75 Å². The third kappa shape index (κ3) is 4.26. The maximum atomic E-state index is 12.5. The van der Waals surface area contributed by atoms with E-state index < -0.39 is 66.2 Å². The van der Waals surface area contributed by atoms with E-state index in [4.69, 9.17) is 14.2 Å². The molecule has 186 valence electrons. The Bertz CT molecular complexity index is 1100. The summed E-state index contributed by atoms with van der Waals surface area (Å²) in [7, 11) is 0. The third-order valence-corrected chi connectivity index (χ3v) is 7.21. The molecule has 0 radical (unpaired) electrons. The van der Waals surface area contributed by atoms with Crippen molar-refractivity contribution in [3.8, 4) is 5.75 Å². The Labute approximate surface area is 202 Å². The molecule has 4 rings (SSSR count). The summed E-state index contributed by atoms with van der Waals surface area (Å²) in [5.41, 5.74) is -0.951. The number of hydrogen-bond donors (Lipinski definition) is 3. The number of phenolic OH excluding ortho intramolecular Hbond substituents is 1. The molecule has 3 fully saturated rings. The Balaban J connectivity index is 1.64. The largest absolute Gasteiger partial charge is 0.508 e. The molecule has 1 aromatic carbocycles. The number of aromatic hydroxyl groups is 1. The lowest BCUT2D eigenvalue weighted by atomic mass is 9.76. The normalized spacial score (nSPS) is 33.9. The SMILES string of the molecule is C=C(C)C(=O)O[C@H]1CC(=C)[C@@H]2C[C@H](O)[C@](O)(COC(=O)c3ccc(O)cc3)[C@@H]2[C@H]2OC(=O)C(=C)[C@@H]21. The lowest BCUT2D eigenvalue weighted by Crippen LogP contribution is -2.54. The van der Waals surface area contributed by atoms with E-state index in [2.05, 4.69) is 19.7 Å². The Morgan fingerprint density at radius 3 is 2.51 bits per heavy atom. The van der Waals surface area contributed by atoms with Gasteiger partial charge in [0.1, 0.15) is 30.2 Å². The summed E-state index contributed by atoms with van der Waals surface area (Å²) in [4.78, 5) is 37.3. The van der Waals surface area contributed by atoms with Crippen molar-refractivity contribution in [2.75, 3.05) is 6.61 Å². The molecule has 9 nitrogen and oxygen atoms in total. The maximum absolute atomic E-state index is 12.5. The molecule has 0 unspecified atom stereocenters. The van der Waals surface area contributed by atoms with E-state index in [0.717, 1.165) is 0 Å². The fraction of sp³-hybridized carbons (Fsp3) is 0.423. The Morgan fingerprint density at radius 2 is 1.89 bits per heavy atom. The molecular weight excluding hydrogens is 456 g/mol. The second-order valence-corrected chi connectivity index (χ2v) is 9.51. The van der Waals surface area contributed by atoms with E-state index in [9.17, 15) is 29.7 Å². The molecule has 0 aromatic heterocycles. The number of phenols is 1. The van der Waals surface area contributed by atoms with Crippen LogP contribution in [0.4, 0.5) is 0 Å². The number of esters is 3. The van der Waals surface area contributed by atoms with Crippen LogP contribution in [0.3, 0.4) is 0 Å². The van der Waals surface area contributed by atoms with Gasteiger partial charge in [0.2, 0.25) is 0 Å². The van der Waals surface area contributed by atoms with Gasteiger partial charge in [-0.25, -0.2) is 14.4 Å². The van der Waals surface area contributed by atoms with Gasteiger partial charge in [0.15, 0.2) is 0 Å². The summed E-state index contributed by atoms with van der Waals surface area (Å²) in [6, 6.07) is 5.37. The number of rotatable bonds is 5. The van der Waals surface area contributed by atoms with E-state index in [0.29, 0.717) is 5.57 Å². The van der Waals surface area contributed by atoms with Gasteiger partial charge < -0.3 is 29.5 Å². The zero-order valence-electron chi connectivity index (χ0n) is 19.3. The quantitative estimate of drug-likeness (QED) is 0.247. The predicted molar refractivity (Wildman–Crippen MR) is 122 cm³/mol. The molecule has 1 aromatic rings. The van der Waals surface area contributed by atoms with Gasteiger partial charge in [0.25, 0.3) is 0 Å². The zero-order chi connectivity index (χ0) is 25.7. The summed E-state index contributed by atoms with van der Waals surface area (Å²) in [5, 5.41) is 31.9. The lowest BCUT2D eigenvalue weighted by Gasteiger charge is -2.37. The predicted octanol–water partition coefficient (Wildman–Crippen LogP) is 1.82. The highest BCUT2D eigenvalue weighted by molar-refractivity contribution is 5.92. The van der Waals surface area contributed by atoms with Crippen molar-refractivity contribution < 1.29 is 43.9 Å². The smallest absolute Gasteiger partial charge is 0.338 e. The van der Waals surface area contributed by atoms with Gasteiger partial charge in [0, 0.05) is 23.5 Å². The second-order valence-electron chi connectivity index (χ2n) is 9.51. The number of carbonyl (C=O) groups is 3. The fourth-order valence-corrected chi connectivity index (χ4v) is 5.38. The zero-order valence-corrected chi connectivity index (χ0v) is 19.3. The minimum Gasteiger partial charge on any atom is -0.508 e. The molecule has 3 aliphatic rings. The van der Waals surface area contributed by atoms with Crippen molar-refractivity contribution in [1.29, 1.82) is 0 Å². The van der Waals surface area contributed by atoms with Crippen molar-refractivity contribution >= 4 is 17.9 Å². The lowest BCUT2D eigenvalue weighted by molar-refractivity contribution is -0.165. The number of hydrogen-bond acceptors (Lipinski definition) is 9. The van der Waals surface area contributed by atoms with Crippen LogP contribution in [-0.2, 0) is 23.8 Å². The van der Waals surface area contributed by atoms with E-state index in [1.54, 1.807) is 0 Å². The molecule has 1 saturated heterocycles. The number of aliphatic hydroxyl groups is 2. The molecule has 0 amide bonds. The first-order valence-electron chi connectivity index (χ1n) is 11.2. The van der Waals surface area contributed by atoms with Gasteiger partial charge in [-0.2, -0.15) is 0 Å². The van der Waals surface area contributed by atoms with Gasteiger partial charge in [-0.15, -0.1) is 0 Å². The van der Waals surface area contributed by atoms with Crippen LogP contribution in [0.1, 0.15) is 30.1 Å². The maximum Gasteiger partial charge on any atom is 0.338 e. The molecule has 2 saturated carbocycles. The minimum atomic E-state index is -1.97. The highest BCUT2D eigenvalue weighted by atomic mass is 16.6. The number of ether oxygens (including phenoxy) is 3. The van der Waals surface area contributed by atoms with E-state index >= 15 is 0 Å². The first kappa shape index (κ1) is 24.7. The molecule has 2 aliphatic carbocycles. The van der Waals surface area contributed by atoms with E-state index in [1.807, 2.05) is 0 Å². The van der Waals surface area contributed by atoms with Crippen LogP contribution < -0.4 is 0 Å². The molecule has 0 spiro atoms. The van der Waals surface area contributed by atoms with Gasteiger partial charge in [-0.1, -0.05) is 25.3 Å². The van der Waals surface area contributed by atoms with Crippen LogP contribution in [0.2, 0.25) is 0 Å². The van der Waals surface area contributed by atoms with Crippen molar-refractivity contribution in [3.63, 3.8) is 0 Å². The van der Waals surface area contributed by atoms with Crippen molar-refractivity contribution in [2.24, 2.45) is 17.8 Å². The van der Waals surface area contributed by atoms with Crippen LogP contribution in [-0.4, -0.2) is 63.7 Å². The highest BCUT2D eigenvalue weighted by Gasteiger charge is 2.65. The Morgan fingerprint density at radius 1 is 1.23 bits per heavy atom. The van der Waals surface area contributed by atoms with Crippen molar-refractivity contribution in [3.05, 3.63) is 66.3 Å². The minimum absolute atomic E-state index is 0.0255. The summed E-state index contributed by atoms with van der Waals surface area (Å²) in [6.07, 6.45) is -2.86. The molecule has 1 aliphatic heterocycles. The van der Waals surface area contributed by atoms with E-state index in [-0.39, 0.29) is 35.3 Å². The summed E-state index contributed by atoms with van der Waals surface area (Å²) < 4.78 is 16.6. The summed E-state index contributed by atoms with van der Waals surface area (Å²) >= 11 is 0. The topological polar surface area (TPSA) is 140 Å². The van der Waals surface area contributed by atoms with Gasteiger partial charge >= 0.3 is 17.9 Å². The fourth-order valence-electron chi connectivity index (χ4n) is 5.38. The second kappa shape index (κ2) is 8.98. The van der Waals surface area contributed by atoms with Gasteiger partial charge in [0.05, 0.1) is 17.6 Å².